The normalized spacial score (nSPS) is 12.1. The van der Waals surface area contributed by atoms with Gasteiger partial charge in [0.25, 0.3) is 0 Å². The molecule has 0 radical (unpaired) electrons. The number of aliphatic hydroxyl groups is 2. The van der Waals surface area contributed by atoms with Crippen LogP contribution in [0.5, 0.6) is 11.5 Å². The molecule has 5 nitrogen and oxygen atoms in total. The summed E-state index contributed by atoms with van der Waals surface area (Å²) in [5, 5.41) is 19.8. The number of hydrogen-bond acceptors (Lipinski definition) is 5. The van der Waals surface area contributed by atoms with Gasteiger partial charge in [-0.2, -0.15) is 0 Å². The smallest absolute Gasteiger partial charge is 0.123 e. The van der Waals surface area contributed by atoms with Crippen molar-refractivity contribution in [1.82, 2.24) is 0 Å². The van der Waals surface area contributed by atoms with Gasteiger partial charge in [0.05, 0.1) is 13.7 Å². The molecule has 6 heteroatoms. The van der Waals surface area contributed by atoms with Crippen LogP contribution in [0.3, 0.4) is 0 Å². The summed E-state index contributed by atoms with van der Waals surface area (Å²) in [5.74, 6) is 1.53. The SMILES string of the molecule is COc1ccc(OCC(O)CN(CCO)c2ccccc2)c(C(C)(C)C)c1.Cl. The molecule has 2 aromatic rings. The topological polar surface area (TPSA) is 62.2 Å². The quantitative estimate of drug-likeness (QED) is 0.661. The van der Waals surface area contributed by atoms with Crippen LogP contribution in [0.2, 0.25) is 0 Å². The second-order valence-electron chi connectivity index (χ2n) is 7.58. The van der Waals surface area contributed by atoms with Crippen molar-refractivity contribution in [1.29, 1.82) is 0 Å². The van der Waals surface area contributed by atoms with E-state index < -0.39 is 6.10 Å². The number of para-hydroxylation sites is 1. The molecule has 0 aromatic heterocycles. The lowest BCUT2D eigenvalue weighted by Crippen LogP contribution is -2.37. The fourth-order valence-electron chi connectivity index (χ4n) is 2.93. The minimum absolute atomic E-state index is 0. The zero-order valence-corrected chi connectivity index (χ0v) is 17.9. The van der Waals surface area contributed by atoms with E-state index in [2.05, 4.69) is 20.8 Å². The maximum Gasteiger partial charge on any atom is 0.123 e. The second kappa shape index (κ2) is 11.1. The number of hydrogen-bond donors (Lipinski definition) is 2. The molecule has 0 saturated carbocycles. The van der Waals surface area contributed by atoms with E-state index in [0.29, 0.717) is 13.1 Å². The van der Waals surface area contributed by atoms with Crippen molar-refractivity contribution >= 4 is 18.1 Å². The fraction of sp³-hybridized carbons (Fsp3) is 0.455. The average molecular weight is 410 g/mol. The first-order valence-corrected chi connectivity index (χ1v) is 9.25. The number of benzene rings is 2. The predicted octanol–water partition coefficient (Wildman–Crippen LogP) is 3.65. The van der Waals surface area contributed by atoms with Crippen LogP contribution < -0.4 is 14.4 Å². The largest absolute Gasteiger partial charge is 0.497 e. The summed E-state index contributed by atoms with van der Waals surface area (Å²) in [5.41, 5.74) is 1.89. The molecular weight excluding hydrogens is 378 g/mol. The van der Waals surface area contributed by atoms with Crippen LogP contribution in [0, 0.1) is 0 Å². The first-order chi connectivity index (χ1) is 12.8. The van der Waals surface area contributed by atoms with Gasteiger partial charge in [-0.25, -0.2) is 0 Å². The van der Waals surface area contributed by atoms with E-state index in [1.807, 2.05) is 53.4 Å². The highest BCUT2D eigenvalue weighted by Gasteiger charge is 2.21. The van der Waals surface area contributed by atoms with E-state index in [0.717, 1.165) is 22.7 Å². The highest BCUT2D eigenvalue weighted by atomic mass is 35.5. The number of rotatable bonds is 9. The Labute approximate surface area is 174 Å². The van der Waals surface area contributed by atoms with Crippen molar-refractivity contribution in [2.45, 2.75) is 32.3 Å². The fourth-order valence-corrected chi connectivity index (χ4v) is 2.93. The van der Waals surface area contributed by atoms with Crippen LogP contribution >= 0.6 is 12.4 Å². The zero-order chi connectivity index (χ0) is 19.9. The standard InChI is InChI=1S/C22H31NO4.ClH/c1-22(2,3)20-14-19(26-4)10-11-21(20)27-16-18(25)15-23(12-13-24)17-8-6-5-7-9-17;/h5-11,14,18,24-25H,12-13,15-16H2,1-4H3;1H. The monoisotopic (exact) mass is 409 g/mol. The maximum absolute atomic E-state index is 10.5. The van der Waals surface area contributed by atoms with E-state index >= 15 is 0 Å². The summed E-state index contributed by atoms with van der Waals surface area (Å²) < 4.78 is 11.3. The lowest BCUT2D eigenvalue weighted by molar-refractivity contribution is 0.110. The lowest BCUT2D eigenvalue weighted by Gasteiger charge is -2.28. The van der Waals surface area contributed by atoms with Crippen LogP contribution in [0.15, 0.2) is 48.5 Å². The van der Waals surface area contributed by atoms with Crippen molar-refractivity contribution in [2.75, 3.05) is 38.3 Å². The zero-order valence-electron chi connectivity index (χ0n) is 17.1. The van der Waals surface area contributed by atoms with Crippen molar-refractivity contribution in [3.05, 3.63) is 54.1 Å². The first kappa shape index (κ1) is 24.1. The molecule has 0 aliphatic heterocycles. The summed E-state index contributed by atoms with van der Waals surface area (Å²) >= 11 is 0. The van der Waals surface area contributed by atoms with Gasteiger partial charge in [-0.3, -0.25) is 0 Å². The molecule has 0 aliphatic carbocycles. The molecule has 2 rings (SSSR count). The number of nitrogens with zero attached hydrogens (tertiary/aromatic N) is 1. The molecule has 0 saturated heterocycles. The molecule has 0 heterocycles. The third-order valence-electron chi connectivity index (χ3n) is 4.35. The molecular formula is C22H32ClNO4. The van der Waals surface area contributed by atoms with Crippen LogP contribution in [-0.4, -0.2) is 49.7 Å². The Morgan fingerprint density at radius 1 is 1.07 bits per heavy atom. The van der Waals surface area contributed by atoms with Gasteiger partial charge in [0.15, 0.2) is 0 Å². The Morgan fingerprint density at radius 2 is 1.75 bits per heavy atom. The minimum atomic E-state index is -0.688. The van der Waals surface area contributed by atoms with E-state index in [1.165, 1.54) is 0 Å². The lowest BCUT2D eigenvalue weighted by atomic mass is 9.86. The highest BCUT2D eigenvalue weighted by Crippen LogP contribution is 2.34. The van der Waals surface area contributed by atoms with Crippen molar-refractivity contribution in [3.8, 4) is 11.5 Å². The van der Waals surface area contributed by atoms with Gasteiger partial charge in [-0.15, -0.1) is 12.4 Å². The van der Waals surface area contributed by atoms with Crippen LogP contribution in [0.25, 0.3) is 0 Å². The Kier molecular flexibility index (Phi) is 9.59. The van der Waals surface area contributed by atoms with E-state index in [9.17, 15) is 10.2 Å². The Balaban J connectivity index is 0.00000392. The van der Waals surface area contributed by atoms with E-state index in [-0.39, 0.29) is 31.0 Å². The molecule has 156 valence electrons. The average Bonchev–Trinajstić information content (AvgIpc) is 2.66. The van der Waals surface area contributed by atoms with Gasteiger partial charge in [0, 0.05) is 24.3 Å². The van der Waals surface area contributed by atoms with Gasteiger partial charge in [0.1, 0.15) is 24.2 Å². The Bertz CT molecular complexity index is 703. The third-order valence-corrected chi connectivity index (χ3v) is 4.35. The summed E-state index contributed by atoms with van der Waals surface area (Å²) in [6.07, 6.45) is -0.688. The predicted molar refractivity (Wildman–Crippen MR) is 116 cm³/mol. The molecule has 28 heavy (non-hydrogen) atoms. The van der Waals surface area contributed by atoms with Crippen LogP contribution in [-0.2, 0) is 5.41 Å². The van der Waals surface area contributed by atoms with Gasteiger partial charge in [0.2, 0.25) is 0 Å². The molecule has 2 N–H and O–H groups in total. The molecule has 0 spiro atoms. The number of aliphatic hydroxyl groups excluding tert-OH is 2. The summed E-state index contributed by atoms with van der Waals surface area (Å²) in [7, 11) is 1.64. The van der Waals surface area contributed by atoms with E-state index in [4.69, 9.17) is 9.47 Å². The van der Waals surface area contributed by atoms with Gasteiger partial charge >= 0.3 is 0 Å². The summed E-state index contributed by atoms with van der Waals surface area (Å²) in [6, 6.07) is 15.5. The maximum atomic E-state index is 10.5. The molecule has 0 fully saturated rings. The first-order valence-electron chi connectivity index (χ1n) is 9.25. The number of halogens is 1. The van der Waals surface area contributed by atoms with Crippen molar-refractivity contribution in [2.24, 2.45) is 0 Å². The Morgan fingerprint density at radius 3 is 2.32 bits per heavy atom. The molecule has 1 unspecified atom stereocenters. The van der Waals surface area contributed by atoms with Crippen LogP contribution in [0.4, 0.5) is 5.69 Å². The second-order valence-corrected chi connectivity index (χ2v) is 7.58. The van der Waals surface area contributed by atoms with Crippen LogP contribution in [0.1, 0.15) is 26.3 Å². The van der Waals surface area contributed by atoms with Gasteiger partial charge in [-0.05, 0) is 35.7 Å². The Hall–Kier alpha value is -1.95. The molecule has 0 bridgehead atoms. The van der Waals surface area contributed by atoms with Crippen molar-refractivity contribution in [3.63, 3.8) is 0 Å². The van der Waals surface area contributed by atoms with Gasteiger partial charge in [-0.1, -0.05) is 39.0 Å². The third kappa shape index (κ3) is 6.89. The van der Waals surface area contributed by atoms with E-state index in [1.54, 1.807) is 7.11 Å². The van der Waals surface area contributed by atoms with Crippen molar-refractivity contribution < 1.29 is 19.7 Å². The summed E-state index contributed by atoms with van der Waals surface area (Å²) in [6.45, 7) is 7.37. The molecule has 0 aliphatic rings. The highest BCUT2D eigenvalue weighted by molar-refractivity contribution is 5.85. The molecule has 2 aromatic carbocycles. The van der Waals surface area contributed by atoms with Gasteiger partial charge < -0.3 is 24.6 Å². The minimum Gasteiger partial charge on any atom is -0.497 e. The molecule has 1 atom stereocenters. The summed E-state index contributed by atoms with van der Waals surface area (Å²) in [4.78, 5) is 1.95. The number of methoxy groups -OCH3 is 1. The molecule has 0 amide bonds. The number of anilines is 1. The number of ether oxygens (including phenoxy) is 2.